The van der Waals surface area contributed by atoms with Crippen molar-refractivity contribution in [2.24, 2.45) is 5.92 Å². The van der Waals surface area contributed by atoms with E-state index in [1.54, 1.807) is 6.07 Å². The van der Waals surface area contributed by atoms with Crippen molar-refractivity contribution in [2.75, 3.05) is 18.0 Å². The highest BCUT2D eigenvalue weighted by Gasteiger charge is 2.38. The van der Waals surface area contributed by atoms with Crippen LogP contribution in [0, 0.1) is 17.2 Å². The summed E-state index contributed by atoms with van der Waals surface area (Å²) in [6, 6.07) is 7.93. The van der Waals surface area contributed by atoms with Gasteiger partial charge in [0.15, 0.2) is 11.3 Å². The van der Waals surface area contributed by atoms with Crippen LogP contribution in [0.3, 0.4) is 0 Å². The second kappa shape index (κ2) is 9.13. The van der Waals surface area contributed by atoms with E-state index in [1.165, 1.54) is 18.2 Å². The fourth-order valence-electron chi connectivity index (χ4n) is 3.31. The summed E-state index contributed by atoms with van der Waals surface area (Å²) >= 11 is 5.44. The second-order valence-corrected chi connectivity index (χ2v) is 7.71. The van der Waals surface area contributed by atoms with Crippen molar-refractivity contribution in [2.45, 2.75) is 25.2 Å². The quantitative estimate of drug-likeness (QED) is 0.351. The number of hydrogen-bond donors (Lipinski definition) is 0. The van der Waals surface area contributed by atoms with Crippen molar-refractivity contribution in [3.63, 3.8) is 0 Å². The van der Waals surface area contributed by atoms with Gasteiger partial charge < -0.3 is 4.90 Å². The second-order valence-electron chi connectivity index (χ2n) is 7.32. The molecule has 5 rings (SSSR count). The van der Waals surface area contributed by atoms with Crippen LogP contribution in [0.4, 0.5) is 32.2 Å². The third-order valence-electron chi connectivity index (χ3n) is 4.99. The molecule has 184 valence electrons. The Kier molecular flexibility index (Phi) is 6.36. The van der Waals surface area contributed by atoms with E-state index in [0.717, 1.165) is 0 Å². The summed E-state index contributed by atoms with van der Waals surface area (Å²) in [5.41, 5.74) is 0.0553. The van der Waals surface area contributed by atoms with Crippen LogP contribution in [0.5, 0.6) is 0 Å². The van der Waals surface area contributed by atoms with Gasteiger partial charge in [0.1, 0.15) is 11.0 Å². The minimum absolute atomic E-state index is 0.00160. The Morgan fingerprint density at radius 3 is 1.83 bits per heavy atom. The molecule has 0 bridgehead atoms. The third-order valence-corrected chi connectivity index (χ3v) is 5.19. The Labute approximate surface area is 196 Å². The Morgan fingerprint density at radius 2 is 1.31 bits per heavy atom. The number of alkyl halides is 6. The van der Waals surface area contributed by atoms with Crippen LogP contribution in [0.2, 0.25) is 5.15 Å². The molecule has 0 atom stereocenters. The predicted octanol–water partition coefficient (Wildman–Crippen LogP) is 3.68. The molecule has 0 saturated carbocycles. The van der Waals surface area contributed by atoms with Crippen molar-refractivity contribution in [1.82, 2.24) is 39.6 Å². The van der Waals surface area contributed by atoms with Crippen LogP contribution < -0.4 is 4.90 Å². The smallest absolute Gasteiger partial charge is 0.355 e. The lowest BCUT2D eigenvalue weighted by Gasteiger charge is -2.29. The monoisotopic (exact) mass is 518 g/mol. The molecular formula is C18H13ClF6N10. The molecule has 1 fully saturated rings. The van der Waals surface area contributed by atoms with E-state index in [0.29, 0.717) is 40.8 Å². The van der Waals surface area contributed by atoms with Crippen molar-refractivity contribution < 1.29 is 26.3 Å². The normalized spacial score (nSPS) is 15.2. The van der Waals surface area contributed by atoms with Crippen LogP contribution >= 0.6 is 11.6 Å². The molecule has 0 N–H and O–H groups in total. The Balaban J connectivity index is 0.000000179. The first-order valence-corrected chi connectivity index (χ1v) is 10.2. The third kappa shape index (κ3) is 5.19. The minimum atomic E-state index is -4.60. The molecule has 10 nitrogen and oxygen atoms in total. The Hall–Kier alpha value is -3.74. The van der Waals surface area contributed by atoms with E-state index in [4.69, 9.17) is 16.9 Å². The molecule has 1 aliphatic heterocycles. The molecule has 1 saturated heterocycles. The van der Waals surface area contributed by atoms with Crippen LogP contribution in [0.15, 0.2) is 24.3 Å². The van der Waals surface area contributed by atoms with Gasteiger partial charge in [-0.15, -0.1) is 25.5 Å². The molecule has 4 aromatic rings. The summed E-state index contributed by atoms with van der Waals surface area (Å²) in [4.78, 5) is 1.87. The molecule has 0 aromatic carbocycles. The average molecular weight is 519 g/mol. The summed E-state index contributed by atoms with van der Waals surface area (Å²) in [5, 5.41) is 29.1. The number of aromatic nitrogens is 8. The van der Waals surface area contributed by atoms with Gasteiger partial charge in [-0.2, -0.15) is 45.7 Å². The largest absolute Gasteiger partial charge is 0.453 e. The zero-order valence-corrected chi connectivity index (χ0v) is 18.1. The van der Waals surface area contributed by atoms with E-state index in [1.807, 2.05) is 4.90 Å². The number of fused-ring (bicyclic) bond motifs is 2. The highest BCUT2D eigenvalue weighted by atomic mass is 35.5. The van der Waals surface area contributed by atoms with Crippen molar-refractivity contribution in [3.05, 3.63) is 41.1 Å². The minimum Gasteiger partial charge on any atom is -0.355 e. The number of piperidine rings is 1. The lowest BCUT2D eigenvalue weighted by Crippen LogP contribution is -2.34. The molecule has 0 radical (unpaired) electrons. The maximum Gasteiger partial charge on any atom is 0.453 e. The summed E-state index contributed by atoms with van der Waals surface area (Å²) in [6.07, 6.45) is -7.81. The van der Waals surface area contributed by atoms with Gasteiger partial charge in [0.25, 0.3) is 11.6 Å². The topological polar surface area (TPSA) is 113 Å². The molecule has 35 heavy (non-hydrogen) atoms. The molecule has 1 aliphatic rings. The van der Waals surface area contributed by atoms with Crippen molar-refractivity contribution in [3.8, 4) is 6.07 Å². The van der Waals surface area contributed by atoms with Gasteiger partial charge in [-0.3, -0.25) is 0 Å². The van der Waals surface area contributed by atoms with Crippen LogP contribution in [-0.2, 0) is 12.4 Å². The van der Waals surface area contributed by atoms with Gasteiger partial charge in [-0.25, -0.2) is 0 Å². The SMILES string of the molecule is FC(F)(F)c1nnc2ccc(Cl)nn12.N#CC1CCN(c2ccc3nnc(C(F)(F)F)n3n2)CC1. The van der Waals surface area contributed by atoms with Crippen molar-refractivity contribution in [1.29, 1.82) is 5.26 Å². The predicted molar refractivity (Wildman–Crippen MR) is 107 cm³/mol. The van der Waals surface area contributed by atoms with E-state index < -0.39 is 24.0 Å². The number of rotatable bonds is 1. The first-order chi connectivity index (χ1) is 16.5. The molecule has 4 aromatic heterocycles. The molecule has 0 aliphatic carbocycles. The average Bonchev–Trinajstić information content (AvgIpc) is 3.43. The standard InChI is InChI=1S/C12H11F3N6.C6H2ClF3N4/c13-12(14,15)11-18-17-9-1-2-10(19-21(9)11)20-5-3-8(7-16)4-6-20;7-3-1-2-4-11-12-5(6(8,9)10)14(4)13-3/h1-2,8H,3-6H2;1-2H. The van der Waals surface area contributed by atoms with Gasteiger partial charge in [0.05, 0.1) is 6.07 Å². The first-order valence-electron chi connectivity index (χ1n) is 9.87. The fraction of sp³-hybridized carbons (Fsp3) is 0.389. The van der Waals surface area contributed by atoms with Crippen LogP contribution in [0.1, 0.15) is 24.5 Å². The highest BCUT2D eigenvalue weighted by Crippen LogP contribution is 2.29. The van der Waals surface area contributed by atoms with E-state index in [9.17, 15) is 26.3 Å². The van der Waals surface area contributed by atoms with Crippen LogP contribution in [-0.4, -0.2) is 52.7 Å². The van der Waals surface area contributed by atoms with Gasteiger partial charge in [0.2, 0.25) is 0 Å². The first kappa shape index (κ1) is 24.4. The molecule has 17 heteroatoms. The molecule has 5 heterocycles. The van der Waals surface area contributed by atoms with Gasteiger partial charge in [-0.1, -0.05) is 11.6 Å². The molecule has 0 amide bonds. The summed E-state index contributed by atoms with van der Waals surface area (Å²) < 4.78 is 76.5. The lowest BCUT2D eigenvalue weighted by atomic mass is 9.99. The Morgan fingerprint density at radius 1 is 0.800 bits per heavy atom. The van der Waals surface area contributed by atoms with E-state index in [-0.39, 0.29) is 22.4 Å². The fourth-order valence-corrected chi connectivity index (χ4v) is 3.44. The number of halogens is 7. The van der Waals surface area contributed by atoms with Gasteiger partial charge in [-0.05, 0) is 37.1 Å². The summed E-state index contributed by atoms with van der Waals surface area (Å²) in [7, 11) is 0. The number of nitriles is 1. The maximum absolute atomic E-state index is 12.8. The van der Waals surface area contributed by atoms with Crippen molar-refractivity contribution >= 4 is 28.7 Å². The van der Waals surface area contributed by atoms with E-state index >= 15 is 0 Å². The lowest BCUT2D eigenvalue weighted by molar-refractivity contribution is -0.147. The molecular weight excluding hydrogens is 506 g/mol. The number of nitrogens with zero attached hydrogens (tertiary/aromatic N) is 10. The molecule has 0 spiro atoms. The number of anilines is 1. The maximum atomic E-state index is 12.8. The number of hydrogen-bond acceptors (Lipinski definition) is 8. The van der Waals surface area contributed by atoms with E-state index in [2.05, 4.69) is 36.7 Å². The zero-order chi connectivity index (χ0) is 25.4. The molecule has 0 unspecified atom stereocenters. The Bertz CT molecular complexity index is 1380. The zero-order valence-electron chi connectivity index (χ0n) is 17.3. The van der Waals surface area contributed by atoms with Gasteiger partial charge in [0, 0.05) is 19.0 Å². The highest BCUT2D eigenvalue weighted by molar-refractivity contribution is 6.29. The van der Waals surface area contributed by atoms with Crippen LogP contribution in [0.25, 0.3) is 11.3 Å². The van der Waals surface area contributed by atoms with Gasteiger partial charge >= 0.3 is 12.4 Å². The summed E-state index contributed by atoms with van der Waals surface area (Å²) in [5.74, 6) is -1.88. The summed E-state index contributed by atoms with van der Waals surface area (Å²) in [6.45, 7) is 1.19.